The summed E-state index contributed by atoms with van der Waals surface area (Å²) in [5, 5.41) is 0. The molecule has 1 amide bonds. The average Bonchev–Trinajstić information content (AvgIpc) is 2.83. The van der Waals surface area contributed by atoms with Gasteiger partial charge < -0.3 is 19.1 Å². The molecule has 10 nitrogen and oxygen atoms in total. The molecule has 1 saturated heterocycles. The quantitative estimate of drug-likeness (QED) is 0.398. The van der Waals surface area contributed by atoms with Crippen molar-refractivity contribution in [3.63, 3.8) is 0 Å². The summed E-state index contributed by atoms with van der Waals surface area (Å²) in [5.74, 6) is 1.69. The summed E-state index contributed by atoms with van der Waals surface area (Å²) in [7, 11) is -0.824. The van der Waals surface area contributed by atoms with Crippen molar-refractivity contribution in [2.24, 2.45) is 16.8 Å². The molecule has 1 aromatic carbocycles. The minimum Gasteiger partial charge on any atom is -0.493 e. The van der Waals surface area contributed by atoms with Crippen LogP contribution in [-0.2, 0) is 14.9 Å². The number of rotatable bonds is 11. The highest BCUT2D eigenvalue weighted by molar-refractivity contribution is 7.88. The van der Waals surface area contributed by atoms with Gasteiger partial charge in [0.15, 0.2) is 11.5 Å². The molecule has 1 aromatic rings. The van der Waals surface area contributed by atoms with Gasteiger partial charge in [-0.05, 0) is 65.2 Å². The Kier molecular flexibility index (Phi) is 10.8. The number of benzene rings is 1. The van der Waals surface area contributed by atoms with E-state index in [0.717, 1.165) is 43.6 Å². The predicted octanol–water partition coefficient (Wildman–Crippen LogP) is 4.49. The van der Waals surface area contributed by atoms with E-state index in [9.17, 15) is 13.2 Å². The zero-order valence-corrected chi connectivity index (χ0v) is 23.9. The molecule has 1 heterocycles. The van der Waals surface area contributed by atoms with Crippen molar-refractivity contribution in [3.8, 4) is 11.5 Å². The van der Waals surface area contributed by atoms with Crippen LogP contribution in [0, 0.1) is 11.8 Å². The van der Waals surface area contributed by atoms with Gasteiger partial charge in [0.05, 0.1) is 19.9 Å². The van der Waals surface area contributed by atoms with E-state index in [1.54, 1.807) is 35.0 Å². The van der Waals surface area contributed by atoms with Gasteiger partial charge >= 0.3 is 16.3 Å². The minimum atomic E-state index is -4.01. The largest absolute Gasteiger partial charge is 0.493 e. The molecule has 2 rings (SSSR count). The number of aliphatic imine (C=N–C) groups is 1. The highest BCUT2D eigenvalue weighted by Gasteiger charge is 2.29. The Morgan fingerprint density at radius 3 is 2.30 bits per heavy atom. The van der Waals surface area contributed by atoms with Crippen LogP contribution in [0.25, 0.3) is 5.70 Å². The zero-order chi connectivity index (χ0) is 27.8. The first kappa shape index (κ1) is 30.4. The fraction of sp³-hybridized carbons (Fsp3) is 0.615. The van der Waals surface area contributed by atoms with Gasteiger partial charge in [0.2, 0.25) is 0 Å². The molecule has 2 N–H and O–H groups in total. The number of methoxy groups -OCH3 is 2. The Labute approximate surface area is 221 Å². The lowest BCUT2D eigenvalue weighted by atomic mass is 9.82. The number of nitrogens with one attached hydrogen (secondary N) is 2. The first-order valence-electron chi connectivity index (χ1n) is 12.5. The monoisotopic (exact) mass is 538 g/mol. The highest BCUT2D eigenvalue weighted by Crippen LogP contribution is 2.40. The van der Waals surface area contributed by atoms with Crippen LogP contribution in [0.3, 0.4) is 0 Å². The Morgan fingerprint density at radius 2 is 1.81 bits per heavy atom. The number of likely N-dealkylation sites (tertiary alicyclic amines) is 1. The third-order valence-electron chi connectivity index (χ3n) is 6.45. The van der Waals surface area contributed by atoms with Gasteiger partial charge in [-0.2, -0.15) is 13.1 Å². The van der Waals surface area contributed by atoms with E-state index in [0.29, 0.717) is 23.1 Å². The fourth-order valence-corrected chi connectivity index (χ4v) is 5.40. The van der Waals surface area contributed by atoms with Gasteiger partial charge in [-0.1, -0.05) is 19.4 Å². The van der Waals surface area contributed by atoms with Crippen LogP contribution in [0.2, 0.25) is 0 Å². The standard InChI is InChI=1S/C26H42N4O6S/c1-9-18(17-28-37(32,33)29-25(31)36-26(3,4)5)19-11-13-30(14-12-19)22(10-2)20-15-23(34-7)24(35-8)16-21(20)27-6/h10,15-16,18-19,28H,6,9,11-14,17H2,1-5,7-8H3,(H,29,31)/b22-10+. The third-order valence-corrected chi connectivity index (χ3v) is 7.43. The number of hydrogen-bond acceptors (Lipinski definition) is 8. The second-order valence-corrected chi connectivity index (χ2v) is 11.5. The van der Waals surface area contributed by atoms with Crippen molar-refractivity contribution < 1.29 is 27.4 Å². The Morgan fingerprint density at radius 1 is 1.22 bits per heavy atom. The van der Waals surface area contributed by atoms with Gasteiger partial charge in [0, 0.05) is 37.0 Å². The Balaban J connectivity index is 2.04. The van der Waals surface area contributed by atoms with Crippen LogP contribution in [0.1, 0.15) is 59.4 Å². The Hall–Kier alpha value is -2.79. The van der Waals surface area contributed by atoms with E-state index in [-0.39, 0.29) is 12.5 Å². The molecule has 208 valence electrons. The molecular formula is C26H42N4O6S. The molecule has 0 aliphatic carbocycles. The lowest BCUT2D eigenvalue weighted by Crippen LogP contribution is -2.45. The van der Waals surface area contributed by atoms with Crippen LogP contribution in [0.4, 0.5) is 10.5 Å². The molecule has 1 unspecified atom stereocenters. The van der Waals surface area contributed by atoms with Crippen molar-refractivity contribution in [1.29, 1.82) is 0 Å². The van der Waals surface area contributed by atoms with Gasteiger partial charge in [-0.15, -0.1) is 0 Å². The molecule has 0 saturated carbocycles. The lowest BCUT2D eigenvalue weighted by molar-refractivity contribution is 0.0569. The molecule has 1 aliphatic rings. The topological polar surface area (TPSA) is 119 Å². The molecule has 0 bridgehead atoms. The van der Waals surface area contributed by atoms with E-state index >= 15 is 0 Å². The fourth-order valence-electron chi connectivity index (χ4n) is 4.63. The number of allylic oxidation sites excluding steroid dienone is 1. The van der Waals surface area contributed by atoms with Crippen molar-refractivity contribution in [2.45, 2.75) is 59.5 Å². The second kappa shape index (κ2) is 13.1. The summed E-state index contributed by atoms with van der Waals surface area (Å²) in [6.45, 7) is 14.7. The average molecular weight is 539 g/mol. The van der Waals surface area contributed by atoms with E-state index in [1.807, 2.05) is 23.8 Å². The summed E-state index contributed by atoms with van der Waals surface area (Å²) in [6.07, 6.45) is 3.69. The van der Waals surface area contributed by atoms with Crippen LogP contribution < -0.4 is 18.9 Å². The molecule has 1 fully saturated rings. The van der Waals surface area contributed by atoms with Crippen LogP contribution in [-0.4, -0.2) is 65.6 Å². The van der Waals surface area contributed by atoms with E-state index < -0.39 is 21.9 Å². The highest BCUT2D eigenvalue weighted by atomic mass is 32.2. The number of nitrogens with zero attached hydrogens (tertiary/aromatic N) is 2. The summed E-state index contributed by atoms with van der Waals surface area (Å²) in [6, 6.07) is 3.74. The predicted molar refractivity (Wildman–Crippen MR) is 147 cm³/mol. The summed E-state index contributed by atoms with van der Waals surface area (Å²) in [5.41, 5.74) is 1.88. The first-order chi connectivity index (χ1) is 17.4. The molecule has 0 aromatic heterocycles. The van der Waals surface area contributed by atoms with Crippen LogP contribution >= 0.6 is 0 Å². The van der Waals surface area contributed by atoms with Crippen molar-refractivity contribution in [3.05, 3.63) is 23.8 Å². The Bertz CT molecular complexity index is 1070. The van der Waals surface area contributed by atoms with Crippen molar-refractivity contribution >= 4 is 34.4 Å². The van der Waals surface area contributed by atoms with Gasteiger partial charge in [-0.3, -0.25) is 4.99 Å². The summed E-state index contributed by atoms with van der Waals surface area (Å²) >= 11 is 0. The maximum absolute atomic E-state index is 12.4. The SMILES string of the molecule is C=Nc1cc(OC)c(OC)cc1/C(=C\C)N1CCC(C(CC)CNS(=O)(=O)NC(=O)OC(C)(C)C)CC1. The zero-order valence-electron chi connectivity index (χ0n) is 23.1. The number of ether oxygens (including phenoxy) is 3. The maximum atomic E-state index is 12.4. The summed E-state index contributed by atoms with van der Waals surface area (Å²) < 4.78 is 45.1. The molecule has 11 heteroatoms. The van der Waals surface area contributed by atoms with Crippen molar-refractivity contribution in [1.82, 2.24) is 14.3 Å². The van der Waals surface area contributed by atoms with Crippen LogP contribution in [0.5, 0.6) is 11.5 Å². The smallest absolute Gasteiger partial charge is 0.422 e. The maximum Gasteiger partial charge on any atom is 0.422 e. The van der Waals surface area contributed by atoms with Crippen LogP contribution in [0.15, 0.2) is 23.2 Å². The molecule has 0 radical (unpaired) electrons. The summed E-state index contributed by atoms with van der Waals surface area (Å²) in [4.78, 5) is 18.4. The first-order valence-corrected chi connectivity index (χ1v) is 14.0. The van der Waals surface area contributed by atoms with E-state index in [2.05, 4.69) is 34.3 Å². The van der Waals surface area contributed by atoms with Gasteiger partial charge in [-0.25, -0.2) is 9.52 Å². The molecule has 37 heavy (non-hydrogen) atoms. The number of amides is 1. The molecule has 1 aliphatic heterocycles. The van der Waals surface area contributed by atoms with Gasteiger partial charge in [0.25, 0.3) is 0 Å². The van der Waals surface area contributed by atoms with E-state index in [1.165, 1.54) is 0 Å². The second-order valence-electron chi connectivity index (χ2n) is 10.0. The van der Waals surface area contributed by atoms with Crippen molar-refractivity contribution in [2.75, 3.05) is 33.9 Å². The van der Waals surface area contributed by atoms with E-state index in [4.69, 9.17) is 14.2 Å². The molecule has 0 spiro atoms. The third kappa shape index (κ3) is 8.63. The van der Waals surface area contributed by atoms with Gasteiger partial charge in [0.1, 0.15) is 5.60 Å². The molecular weight excluding hydrogens is 496 g/mol. The number of carbonyl (C=O) groups is 1. The number of hydrogen-bond donors (Lipinski definition) is 2. The molecule has 1 atom stereocenters. The number of piperidine rings is 1. The minimum absolute atomic E-state index is 0.137. The lowest BCUT2D eigenvalue weighted by Gasteiger charge is -2.38. The number of carbonyl (C=O) groups excluding carboxylic acids is 1. The normalized spacial score (nSPS) is 16.2.